The lowest BCUT2D eigenvalue weighted by Crippen LogP contribution is -2.22. The molecule has 5 nitrogen and oxygen atoms in total. The van der Waals surface area contributed by atoms with Crippen molar-refractivity contribution >= 4 is 17.6 Å². The number of nitrogens with one attached hydrogen (secondary N) is 1. The Morgan fingerprint density at radius 1 is 1.06 bits per heavy atom. The van der Waals surface area contributed by atoms with E-state index >= 15 is 0 Å². The first-order valence-electron chi connectivity index (χ1n) is 10.8. The molecular formula is C26H27N3O2. The summed E-state index contributed by atoms with van der Waals surface area (Å²) in [6.45, 7) is 4.34. The molecule has 0 radical (unpaired) electrons. The lowest BCUT2D eigenvalue weighted by Gasteiger charge is -2.23. The number of anilines is 1. The summed E-state index contributed by atoms with van der Waals surface area (Å²) >= 11 is 0. The second kappa shape index (κ2) is 9.21. The Morgan fingerprint density at radius 2 is 1.81 bits per heavy atom. The van der Waals surface area contributed by atoms with Gasteiger partial charge in [-0.2, -0.15) is 0 Å². The third-order valence-corrected chi connectivity index (χ3v) is 5.85. The van der Waals surface area contributed by atoms with Crippen LogP contribution in [0.25, 0.3) is 0 Å². The highest BCUT2D eigenvalue weighted by molar-refractivity contribution is 5.98. The maximum Gasteiger partial charge on any atom is 0.229 e. The summed E-state index contributed by atoms with van der Waals surface area (Å²) in [7, 11) is 0. The molecule has 0 spiro atoms. The number of ketones is 1. The minimum atomic E-state index is -0.133. The number of benzene rings is 2. The minimum Gasteiger partial charge on any atom is -0.295 e. The molecule has 1 aliphatic rings. The van der Waals surface area contributed by atoms with Crippen LogP contribution in [0, 0.1) is 0 Å². The molecule has 3 aromatic rings. The second-order valence-electron chi connectivity index (χ2n) is 8.44. The molecule has 0 aliphatic heterocycles. The van der Waals surface area contributed by atoms with Crippen LogP contribution in [0.4, 0.5) is 5.95 Å². The quantitative estimate of drug-likeness (QED) is 0.611. The third kappa shape index (κ3) is 5.05. The van der Waals surface area contributed by atoms with E-state index in [0.29, 0.717) is 42.9 Å². The normalized spacial score (nSPS) is 15.6. The van der Waals surface area contributed by atoms with Crippen LogP contribution in [0.1, 0.15) is 71.3 Å². The SMILES string of the molecule is CC(C)c1ccc([C@H]2CC(=O)c3cnc(NC(=O)CCc4ccccc4)nc3C2)cc1. The molecule has 1 heterocycles. The molecule has 1 N–H and O–H groups in total. The van der Waals surface area contributed by atoms with Crippen LogP contribution in [0.3, 0.4) is 0 Å². The van der Waals surface area contributed by atoms with Crippen molar-refractivity contribution < 1.29 is 9.59 Å². The maximum absolute atomic E-state index is 12.7. The molecule has 0 bridgehead atoms. The number of nitrogens with zero attached hydrogens (tertiary/aromatic N) is 2. The predicted molar refractivity (Wildman–Crippen MR) is 121 cm³/mol. The fraction of sp³-hybridized carbons (Fsp3) is 0.308. The van der Waals surface area contributed by atoms with Gasteiger partial charge in [-0.15, -0.1) is 0 Å². The van der Waals surface area contributed by atoms with E-state index < -0.39 is 0 Å². The third-order valence-electron chi connectivity index (χ3n) is 5.85. The van der Waals surface area contributed by atoms with Gasteiger partial charge in [-0.05, 0) is 41.4 Å². The number of carbonyl (C=O) groups is 2. The van der Waals surface area contributed by atoms with Gasteiger partial charge in [0.05, 0.1) is 11.3 Å². The van der Waals surface area contributed by atoms with Crippen LogP contribution >= 0.6 is 0 Å². The molecule has 31 heavy (non-hydrogen) atoms. The van der Waals surface area contributed by atoms with Crippen molar-refractivity contribution in [2.75, 3.05) is 5.32 Å². The summed E-state index contributed by atoms with van der Waals surface area (Å²) < 4.78 is 0. The smallest absolute Gasteiger partial charge is 0.229 e. The van der Waals surface area contributed by atoms with Crippen LogP contribution in [-0.2, 0) is 17.6 Å². The van der Waals surface area contributed by atoms with E-state index in [1.807, 2.05) is 30.3 Å². The zero-order chi connectivity index (χ0) is 21.8. The van der Waals surface area contributed by atoms with Crippen LogP contribution in [0.5, 0.6) is 0 Å². The minimum absolute atomic E-state index is 0.0566. The van der Waals surface area contributed by atoms with E-state index in [9.17, 15) is 9.59 Å². The average molecular weight is 414 g/mol. The lowest BCUT2D eigenvalue weighted by molar-refractivity contribution is -0.116. The molecule has 0 fully saturated rings. The second-order valence-corrected chi connectivity index (χ2v) is 8.44. The van der Waals surface area contributed by atoms with Gasteiger partial charge < -0.3 is 0 Å². The Hall–Kier alpha value is -3.34. The number of aryl methyl sites for hydroxylation is 1. The Kier molecular flexibility index (Phi) is 6.21. The van der Waals surface area contributed by atoms with Gasteiger partial charge in [0, 0.05) is 19.0 Å². The number of amides is 1. The van der Waals surface area contributed by atoms with Crippen molar-refractivity contribution in [2.45, 2.75) is 51.4 Å². The van der Waals surface area contributed by atoms with Crippen molar-refractivity contribution in [2.24, 2.45) is 0 Å². The Labute approximate surface area is 183 Å². The summed E-state index contributed by atoms with van der Waals surface area (Å²) in [5.41, 5.74) is 4.82. The molecule has 158 valence electrons. The molecule has 1 aromatic heterocycles. The number of carbonyl (C=O) groups excluding carboxylic acids is 2. The Morgan fingerprint density at radius 3 is 2.52 bits per heavy atom. The fourth-order valence-electron chi connectivity index (χ4n) is 3.98. The number of aromatic nitrogens is 2. The average Bonchev–Trinajstić information content (AvgIpc) is 2.78. The molecule has 5 heteroatoms. The van der Waals surface area contributed by atoms with Gasteiger partial charge in [0.1, 0.15) is 0 Å². The van der Waals surface area contributed by atoms with Crippen molar-refractivity contribution in [1.29, 1.82) is 0 Å². The number of rotatable bonds is 6. The molecular weight excluding hydrogens is 386 g/mol. The van der Waals surface area contributed by atoms with E-state index in [4.69, 9.17) is 0 Å². The summed E-state index contributed by atoms with van der Waals surface area (Å²) in [6.07, 6.45) is 3.69. The molecule has 2 aromatic carbocycles. The number of Topliss-reactive ketones (excluding diaryl/α,β-unsaturated/α-hetero) is 1. The van der Waals surface area contributed by atoms with Crippen molar-refractivity contribution in [3.63, 3.8) is 0 Å². The van der Waals surface area contributed by atoms with Crippen LogP contribution in [0.2, 0.25) is 0 Å². The van der Waals surface area contributed by atoms with Crippen molar-refractivity contribution in [1.82, 2.24) is 9.97 Å². The molecule has 0 saturated carbocycles. The summed E-state index contributed by atoms with van der Waals surface area (Å²) in [5, 5.41) is 2.78. The largest absolute Gasteiger partial charge is 0.295 e. The first-order valence-corrected chi connectivity index (χ1v) is 10.8. The van der Waals surface area contributed by atoms with Gasteiger partial charge in [0.2, 0.25) is 11.9 Å². The van der Waals surface area contributed by atoms with Gasteiger partial charge in [-0.3, -0.25) is 14.9 Å². The molecule has 0 unspecified atom stereocenters. The van der Waals surface area contributed by atoms with Gasteiger partial charge in [0.15, 0.2) is 5.78 Å². The van der Waals surface area contributed by atoms with Crippen molar-refractivity contribution in [3.05, 3.63) is 88.7 Å². The zero-order valence-corrected chi connectivity index (χ0v) is 18.0. The number of fused-ring (bicyclic) bond motifs is 1. The van der Waals surface area contributed by atoms with E-state index in [1.54, 1.807) is 6.20 Å². The van der Waals surface area contributed by atoms with Crippen LogP contribution in [0.15, 0.2) is 60.8 Å². The first-order chi connectivity index (χ1) is 15.0. The van der Waals surface area contributed by atoms with Gasteiger partial charge >= 0.3 is 0 Å². The topological polar surface area (TPSA) is 72.0 Å². The summed E-state index contributed by atoms with van der Waals surface area (Å²) in [4.78, 5) is 33.7. The summed E-state index contributed by atoms with van der Waals surface area (Å²) in [5.74, 6) is 0.759. The fourth-order valence-corrected chi connectivity index (χ4v) is 3.98. The lowest BCUT2D eigenvalue weighted by atomic mass is 9.81. The highest BCUT2D eigenvalue weighted by atomic mass is 16.1. The van der Waals surface area contributed by atoms with E-state index in [-0.39, 0.29) is 23.6 Å². The standard InChI is InChI=1S/C26H27N3O2/c1-17(2)19-9-11-20(12-10-19)21-14-23-22(24(30)15-21)16-27-26(28-23)29-25(31)13-8-18-6-4-3-5-7-18/h3-7,9-12,16-17,21H,8,13-15H2,1-2H3,(H,27,28,29,31)/t21-/m1/s1. The van der Waals surface area contributed by atoms with E-state index in [2.05, 4.69) is 53.4 Å². The maximum atomic E-state index is 12.7. The van der Waals surface area contributed by atoms with Crippen molar-refractivity contribution in [3.8, 4) is 0 Å². The molecule has 4 rings (SSSR count). The van der Waals surface area contributed by atoms with Gasteiger partial charge in [-0.1, -0.05) is 68.4 Å². The van der Waals surface area contributed by atoms with E-state index in [0.717, 1.165) is 11.1 Å². The highest BCUT2D eigenvalue weighted by Crippen LogP contribution is 2.32. The highest BCUT2D eigenvalue weighted by Gasteiger charge is 2.28. The van der Waals surface area contributed by atoms with Crippen LogP contribution in [-0.4, -0.2) is 21.7 Å². The molecule has 0 saturated heterocycles. The predicted octanol–water partition coefficient (Wildman–Crippen LogP) is 5.08. The molecule has 1 atom stereocenters. The Bertz CT molecular complexity index is 1080. The van der Waals surface area contributed by atoms with Crippen LogP contribution < -0.4 is 5.32 Å². The van der Waals surface area contributed by atoms with Gasteiger partial charge in [0.25, 0.3) is 0 Å². The number of hydrogen-bond donors (Lipinski definition) is 1. The van der Waals surface area contributed by atoms with E-state index in [1.165, 1.54) is 5.56 Å². The molecule has 1 aliphatic carbocycles. The molecule has 1 amide bonds. The monoisotopic (exact) mass is 413 g/mol. The number of hydrogen-bond acceptors (Lipinski definition) is 4. The zero-order valence-electron chi connectivity index (χ0n) is 18.0. The summed E-state index contributed by atoms with van der Waals surface area (Å²) in [6, 6.07) is 18.4. The first kappa shape index (κ1) is 20.9. The van der Waals surface area contributed by atoms with Gasteiger partial charge in [-0.25, -0.2) is 9.97 Å². The Balaban J connectivity index is 1.44.